The fourth-order valence-corrected chi connectivity index (χ4v) is 0.387. The molecule has 0 saturated heterocycles. The number of rotatable bonds is 4. The van der Waals surface area contributed by atoms with E-state index in [1.165, 1.54) is 0 Å². The molecule has 0 heterocycles. The van der Waals surface area contributed by atoms with Crippen LogP contribution in [0.3, 0.4) is 0 Å². The molecule has 0 N–H and O–H groups in total. The number of carbonyl (C=O) groups is 1. The Kier molecular flexibility index (Phi) is 4.10. The molecule has 0 aliphatic heterocycles. The van der Waals surface area contributed by atoms with Gasteiger partial charge in [0.2, 0.25) is 0 Å². The molecule has 11 heavy (non-hydrogen) atoms. The van der Waals surface area contributed by atoms with Gasteiger partial charge in [-0.3, -0.25) is 0 Å². The van der Waals surface area contributed by atoms with Crippen LogP contribution in [-0.2, 0) is 9.53 Å². The van der Waals surface area contributed by atoms with Gasteiger partial charge in [0, 0.05) is 6.42 Å². The normalized spacial score (nSPS) is 14.5. The van der Waals surface area contributed by atoms with Crippen molar-refractivity contribution in [2.75, 3.05) is 6.61 Å². The third kappa shape index (κ3) is 4.78. The van der Waals surface area contributed by atoms with Gasteiger partial charge in [-0.1, -0.05) is 0 Å². The number of hydrogen-bond acceptors (Lipinski definition) is 2. The predicted molar refractivity (Wildman–Crippen MR) is 32.1 cm³/mol. The van der Waals surface area contributed by atoms with Crippen LogP contribution in [0.25, 0.3) is 0 Å². The summed E-state index contributed by atoms with van der Waals surface area (Å²) in [5.74, 6) is 0. The first kappa shape index (κ1) is 10.4. The molecule has 0 aromatic heterocycles. The highest BCUT2D eigenvalue weighted by Crippen LogP contribution is 2.21. The molecule has 1 atom stereocenters. The maximum atomic E-state index is 11.7. The van der Waals surface area contributed by atoms with Gasteiger partial charge in [0.1, 0.15) is 6.29 Å². The Hall–Kier alpha value is -0.580. The van der Waals surface area contributed by atoms with Crippen molar-refractivity contribution in [2.24, 2.45) is 0 Å². The molecular weight excluding hydrogens is 161 g/mol. The average Bonchev–Trinajstić information content (AvgIpc) is 1.86. The summed E-state index contributed by atoms with van der Waals surface area (Å²) in [7, 11) is 0. The molecule has 0 aromatic rings. The summed E-state index contributed by atoms with van der Waals surface area (Å²) in [4.78, 5) is 9.67. The van der Waals surface area contributed by atoms with Crippen molar-refractivity contribution >= 4 is 6.29 Å². The molecular formula is C6H9F3O2. The number of ether oxygens (including phenoxy) is 1. The predicted octanol–water partition coefficient (Wildman–Crippen LogP) is 1.54. The third-order valence-corrected chi connectivity index (χ3v) is 1.06. The number of hydrogen-bond donors (Lipinski definition) is 0. The first-order chi connectivity index (χ1) is 4.98. The topological polar surface area (TPSA) is 26.3 Å². The minimum absolute atomic E-state index is 0.000417. The molecule has 5 heteroatoms. The molecule has 0 amide bonds. The van der Waals surface area contributed by atoms with E-state index in [9.17, 15) is 18.0 Å². The highest BCUT2D eigenvalue weighted by Gasteiger charge is 2.36. The first-order valence-corrected chi connectivity index (χ1v) is 3.10. The first-order valence-electron chi connectivity index (χ1n) is 3.10. The third-order valence-electron chi connectivity index (χ3n) is 1.06. The van der Waals surface area contributed by atoms with E-state index in [-0.39, 0.29) is 13.0 Å². The van der Waals surface area contributed by atoms with Crippen LogP contribution in [0.4, 0.5) is 13.2 Å². The van der Waals surface area contributed by atoms with E-state index in [1.54, 1.807) is 0 Å². The van der Waals surface area contributed by atoms with Crippen LogP contribution in [0.5, 0.6) is 0 Å². The van der Waals surface area contributed by atoms with Gasteiger partial charge in [-0.25, -0.2) is 0 Å². The Bertz CT molecular complexity index is 121. The van der Waals surface area contributed by atoms with Gasteiger partial charge in [-0.05, 0) is 6.92 Å². The van der Waals surface area contributed by atoms with E-state index in [1.807, 2.05) is 0 Å². The van der Waals surface area contributed by atoms with Gasteiger partial charge in [0.05, 0.1) is 6.61 Å². The molecule has 0 aliphatic rings. The second kappa shape index (κ2) is 4.33. The highest BCUT2D eigenvalue weighted by molar-refractivity contribution is 5.49. The molecule has 0 bridgehead atoms. The number of aldehydes is 1. The lowest BCUT2D eigenvalue weighted by Gasteiger charge is -2.15. The zero-order valence-electron chi connectivity index (χ0n) is 6.02. The van der Waals surface area contributed by atoms with Crippen molar-refractivity contribution < 1.29 is 22.7 Å². The second-order valence-electron chi connectivity index (χ2n) is 2.01. The highest BCUT2D eigenvalue weighted by atomic mass is 19.4. The molecule has 0 radical (unpaired) electrons. The molecule has 0 spiro atoms. The number of halogens is 3. The molecule has 0 rings (SSSR count). The van der Waals surface area contributed by atoms with E-state index >= 15 is 0 Å². The summed E-state index contributed by atoms with van der Waals surface area (Å²) in [6.45, 7) is 0.731. The number of carbonyl (C=O) groups excluding carboxylic acids is 1. The van der Waals surface area contributed by atoms with Crippen LogP contribution >= 0.6 is 0 Å². The Morgan fingerprint density at radius 1 is 1.55 bits per heavy atom. The summed E-state index contributed by atoms with van der Waals surface area (Å²) in [6.07, 6.45) is -5.60. The van der Waals surface area contributed by atoms with Gasteiger partial charge in [0.15, 0.2) is 6.10 Å². The average molecular weight is 170 g/mol. The van der Waals surface area contributed by atoms with Crippen LogP contribution in [0.15, 0.2) is 0 Å². The lowest BCUT2D eigenvalue weighted by Crippen LogP contribution is -2.28. The fourth-order valence-electron chi connectivity index (χ4n) is 0.387. The van der Waals surface area contributed by atoms with E-state index in [4.69, 9.17) is 0 Å². The SMILES string of the molecule is CC(OCCC=O)C(F)(F)F. The second-order valence-corrected chi connectivity index (χ2v) is 2.01. The quantitative estimate of drug-likeness (QED) is 0.472. The maximum absolute atomic E-state index is 11.7. The standard InChI is InChI=1S/C6H9F3O2/c1-5(6(7,8)9)11-4-2-3-10/h3,5H,2,4H2,1H3. The maximum Gasteiger partial charge on any atom is 0.414 e. The van der Waals surface area contributed by atoms with Crippen molar-refractivity contribution in [3.63, 3.8) is 0 Å². The van der Waals surface area contributed by atoms with Crippen LogP contribution in [0.2, 0.25) is 0 Å². The summed E-state index contributed by atoms with van der Waals surface area (Å²) < 4.78 is 39.3. The minimum Gasteiger partial charge on any atom is -0.369 e. The fraction of sp³-hybridized carbons (Fsp3) is 0.833. The molecule has 0 fully saturated rings. The van der Waals surface area contributed by atoms with Crippen molar-refractivity contribution in [3.8, 4) is 0 Å². The van der Waals surface area contributed by atoms with E-state index in [0.29, 0.717) is 6.29 Å². The Morgan fingerprint density at radius 2 is 2.09 bits per heavy atom. The number of alkyl halides is 3. The summed E-state index contributed by atoms with van der Waals surface area (Å²) in [5.41, 5.74) is 0. The molecule has 66 valence electrons. The molecule has 1 unspecified atom stereocenters. The van der Waals surface area contributed by atoms with Crippen LogP contribution in [0.1, 0.15) is 13.3 Å². The smallest absolute Gasteiger partial charge is 0.369 e. The summed E-state index contributed by atoms with van der Waals surface area (Å²) >= 11 is 0. The monoisotopic (exact) mass is 170 g/mol. The van der Waals surface area contributed by atoms with Crippen LogP contribution < -0.4 is 0 Å². The van der Waals surface area contributed by atoms with E-state index in [0.717, 1.165) is 6.92 Å². The molecule has 0 aromatic carbocycles. The van der Waals surface area contributed by atoms with Crippen LogP contribution in [-0.4, -0.2) is 25.2 Å². The van der Waals surface area contributed by atoms with Gasteiger partial charge >= 0.3 is 6.18 Å². The van der Waals surface area contributed by atoms with E-state index < -0.39 is 12.3 Å². The zero-order chi connectivity index (χ0) is 8.91. The lowest BCUT2D eigenvalue weighted by atomic mass is 10.4. The van der Waals surface area contributed by atoms with Gasteiger partial charge in [-0.2, -0.15) is 13.2 Å². The Balaban J connectivity index is 3.52. The van der Waals surface area contributed by atoms with Crippen molar-refractivity contribution in [1.29, 1.82) is 0 Å². The van der Waals surface area contributed by atoms with Gasteiger partial charge < -0.3 is 9.53 Å². The zero-order valence-corrected chi connectivity index (χ0v) is 6.02. The molecule has 0 aliphatic carbocycles. The summed E-state index contributed by atoms with van der Waals surface area (Å²) in [6, 6.07) is 0. The lowest BCUT2D eigenvalue weighted by molar-refractivity contribution is -0.214. The molecule has 0 saturated carbocycles. The van der Waals surface area contributed by atoms with Gasteiger partial charge in [-0.15, -0.1) is 0 Å². The minimum atomic E-state index is -4.33. The Labute approximate surface area is 62.3 Å². The van der Waals surface area contributed by atoms with Crippen molar-refractivity contribution in [3.05, 3.63) is 0 Å². The molecule has 2 nitrogen and oxygen atoms in total. The van der Waals surface area contributed by atoms with Gasteiger partial charge in [0.25, 0.3) is 0 Å². The van der Waals surface area contributed by atoms with Crippen molar-refractivity contribution in [2.45, 2.75) is 25.6 Å². The largest absolute Gasteiger partial charge is 0.414 e. The van der Waals surface area contributed by atoms with Crippen LogP contribution in [0, 0.1) is 0 Å². The summed E-state index contributed by atoms with van der Waals surface area (Å²) in [5, 5.41) is 0. The van der Waals surface area contributed by atoms with E-state index in [2.05, 4.69) is 4.74 Å². The Morgan fingerprint density at radius 3 is 2.45 bits per heavy atom. The van der Waals surface area contributed by atoms with Crippen molar-refractivity contribution in [1.82, 2.24) is 0 Å².